The normalized spacial score (nSPS) is 5.29. The molecule has 0 aromatic heterocycles. The predicted octanol–water partition coefficient (Wildman–Crippen LogP) is 0.233. The second kappa shape index (κ2) is 8.85. The van der Waals surface area contributed by atoms with Crippen LogP contribution in [0.15, 0.2) is 5.34 Å². The first-order valence-electron chi connectivity index (χ1n) is 1.31. The highest BCUT2D eigenvalue weighted by atomic mass is 16.6. The fourth-order valence-corrected chi connectivity index (χ4v) is 0. The molecule has 0 bridgehead atoms. The van der Waals surface area contributed by atoms with E-state index in [9.17, 15) is 0 Å². The van der Waals surface area contributed by atoms with E-state index in [0.717, 1.165) is 6.92 Å². The molecule has 0 aliphatic rings. The molecule has 0 aliphatic carbocycles. The number of aliphatic carboxylic acids is 1. The Hall–Kier alpha value is -1.13. The summed E-state index contributed by atoms with van der Waals surface area (Å²) in [7, 11) is 0. The molecule has 0 aliphatic heterocycles. The van der Waals surface area contributed by atoms with Gasteiger partial charge < -0.3 is 10.3 Å². The minimum Gasteiger partial charge on any atom is -0.481 e. The monoisotopic (exact) mass is 107 g/mol. The highest BCUT2D eigenvalue weighted by Gasteiger charge is 1.65. The number of carboxylic acid groups (broad SMARTS) is 1. The average molecular weight is 107 g/mol. The van der Waals surface area contributed by atoms with E-state index in [-0.39, 0.29) is 0 Å². The van der Waals surface area contributed by atoms with Gasteiger partial charge in [0, 0.05) is 6.92 Å². The summed E-state index contributed by atoms with van der Waals surface area (Å²) >= 11 is 0. The lowest BCUT2D eigenvalue weighted by atomic mass is 10.9. The van der Waals surface area contributed by atoms with Crippen molar-refractivity contribution in [2.24, 2.45) is 5.34 Å². The van der Waals surface area contributed by atoms with Gasteiger partial charge in [0.2, 0.25) is 0 Å². The minimum atomic E-state index is -0.833. The Labute approximate surface area is 39.5 Å². The minimum absolute atomic E-state index is 0.833. The number of nitrogens with zero attached hydrogens (tertiary/aromatic N) is 1. The van der Waals surface area contributed by atoms with Crippen molar-refractivity contribution in [3.8, 4) is 0 Å². The second-order valence-electron chi connectivity index (χ2n) is 0.601. The number of hydrogen-bond acceptors (Lipinski definition) is 3. The molecule has 0 spiro atoms. The summed E-state index contributed by atoms with van der Waals surface area (Å²) in [5, 5.41) is 15.3. The lowest BCUT2D eigenvalue weighted by Crippen LogP contribution is -1.78. The van der Waals surface area contributed by atoms with E-state index < -0.39 is 5.97 Å². The summed E-state index contributed by atoms with van der Waals surface area (Å²) in [6.07, 6.45) is 0. The molecular weight excluding hydrogens is 102 g/mol. The molecule has 7 heavy (non-hydrogen) atoms. The largest absolute Gasteiger partial charge is 0.481 e. The van der Waals surface area contributed by atoms with Gasteiger partial charge in [0.15, 0.2) is 5.34 Å². The van der Waals surface area contributed by atoms with Gasteiger partial charge in [0.05, 0.1) is 0 Å². The summed E-state index contributed by atoms with van der Waals surface area (Å²) in [6, 6.07) is 0. The summed E-state index contributed by atoms with van der Waals surface area (Å²) in [5.41, 5.74) is 0. The molecule has 0 fully saturated rings. The fourth-order valence-electron chi connectivity index (χ4n) is 0. The second-order valence-corrected chi connectivity index (χ2v) is 0.601. The third-order valence-corrected chi connectivity index (χ3v) is 0. The number of rotatable bonds is 0. The summed E-state index contributed by atoms with van der Waals surface area (Å²) in [5.74, 6) is -0.833. The van der Waals surface area contributed by atoms with E-state index in [1.807, 2.05) is 0 Å². The van der Waals surface area contributed by atoms with Crippen LogP contribution < -0.4 is 0 Å². The molecule has 0 heterocycles. The van der Waals surface area contributed by atoms with Crippen molar-refractivity contribution in [3.63, 3.8) is 0 Å². The molecule has 0 atom stereocenters. The molecule has 0 aromatic rings. The van der Waals surface area contributed by atoms with Crippen LogP contribution in [0.4, 0.5) is 0 Å². The Balaban J connectivity index is 0. The lowest BCUT2D eigenvalue weighted by molar-refractivity contribution is -0.134. The van der Waals surface area contributed by atoms with Gasteiger partial charge in [-0.3, -0.25) is 4.79 Å². The van der Waals surface area contributed by atoms with Crippen LogP contribution in [0.2, 0.25) is 0 Å². The summed E-state index contributed by atoms with van der Waals surface area (Å²) < 4.78 is 0. The van der Waals surface area contributed by atoms with Crippen molar-refractivity contribution in [1.82, 2.24) is 0 Å². The van der Waals surface area contributed by atoms with Crippen LogP contribution in [0.1, 0.15) is 6.92 Å². The van der Waals surface area contributed by atoms with Gasteiger partial charge in [-0.2, -0.15) is 0 Å². The molecule has 0 aromatic carbocycles. The van der Waals surface area contributed by atoms with Crippen molar-refractivity contribution < 1.29 is 15.1 Å². The first-order valence-corrected chi connectivity index (χ1v) is 1.31. The molecule has 0 amide bonds. The van der Waals surface area contributed by atoms with Crippen LogP contribution in [-0.4, -0.2) is 16.3 Å². The van der Waals surface area contributed by atoms with E-state index in [2.05, 4.69) is 0 Å². The van der Waals surface area contributed by atoms with E-state index in [0.29, 0.717) is 0 Å². The van der Waals surface area contributed by atoms with Gasteiger partial charge in [0.1, 0.15) is 0 Å². The van der Waals surface area contributed by atoms with Gasteiger partial charge in [0.25, 0.3) is 5.97 Å². The Morgan fingerprint density at radius 2 is 1.71 bits per heavy atom. The van der Waals surface area contributed by atoms with Gasteiger partial charge in [-0.15, -0.1) is 4.91 Å². The maximum Gasteiger partial charge on any atom is 0.300 e. The Morgan fingerprint density at radius 1 is 1.71 bits per heavy atom. The van der Waals surface area contributed by atoms with Crippen LogP contribution in [-0.2, 0) is 4.79 Å². The first kappa shape index (κ1) is 9.30. The van der Waals surface area contributed by atoms with Crippen LogP contribution in [0.3, 0.4) is 0 Å². The smallest absolute Gasteiger partial charge is 0.300 e. The molecule has 5 nitrogen and oxygen atoms in total. The van der Waals surface area contributed by atoms with Crippen molar-refractivity contribution in [3.05, 3.63) is 4.91 Å². The zero-order valence-corrected chi connectivity index (χ0v) is 3.66. The van der Waals surface area contributed by atoms with Crippen LogP contribution >= 0.6 is 0 Å². The van der Waals surface area contributed by atoms with Crippen molar-refractivity contribution in [2.45, 2.75) is 6.92 Å². The SMILES string of the molecule is CC(=O)O.O=NO. The predicted molar refractivity (Wildman–Crippen MR) is 20.9 cm³/mol. The first-order chi connectivity index (χ1) is 3.15. The van der Waals surface area contributed by atoms with Crippen molar-refractivity contribution in [1.29, 1.82) is 0 Å². The standard InChI is InChI=1S/C2H4O2.HNO2/c1-2(3)4;2-1-3/h1H3,(H,3,4);(H,2,3). The zero-order chi connectivity index (χ0) is 6.28. The molecule has 0 saturated heterocycles. The number of carbonyl (C=O) groups is 1. The molecule has 0 saturated carbocycles. The molecule has 5 heteroatoms. The summed E-state index contributed by atoms with van der Waals surface area (Å²) in [6.45, 7) is 1.08. The zero-order valence-electron chi connectivity index (χ0n) is 3.66. The fraction of sp³-hybridized carbons (Fsp3) is 0.500. The van der Waals surface area contributed by atoms with Gasteiger partial charge >= 0.3 is 0 Å². The van der Waals surface area contributed by atoms with E-state index >= 15 is 0 Å². The molecule has 0 rings (SSSR count). The van der Waals surface area contributed by atoms with E-state index in [1.54, 1.807) is 0 Å². The average Bonchev–Trinajstić information content (AvgIpc) is 1.33. The molecule has 0 radical (unpaired) electrons. The van der Waals surface area contributed by atoms with E-state index in [4.69, 9.17) is 20.0 Å². The Bertz CT molecular complexity index is 56.7. The lowest BCUT2D eigenvalue weighted by Gasteiger charge is -1.59. The molecule has 0 unspecified atom stereocenters. The Morgan fingerprint density at radius 3 is 1.71 bits per heavy atom. The highest BCUT2D eigenvalue weighted by molar-refractivity contribution is 5.62. The number of carboxylic acids is 1. The molecule has 2 N–H and O–H groups in total. The summed E-state index contributed by atoms with van der Waals surface area (Å²) in [4.78, 5) is 17.1. The van der Waals surface area contributed by atoms with Gasteiger partial charge in [-0.05, 0) is 0 Å². The van der Waals surface area contributed by atoms with Crippen molar-refractivity contribution in [2.75, 3.05) is 0 Å². The van der Waals surface area contributed by atoms with E-state index in [1.165, 1.54) is 5.34 Å². The maximum absolute atomic E-state index is 9.00. The third-order valence-electron chi connectivity index (χ3n) is 0. The Kier molecular flexibility index (Phi) is 11.8. The van der Waals surface area contributed by atoms with Crippen LogP contribution in [0.25, 0.3) is 0 Å². The topological polar surface area (TPSA) is 87.0 Å². The quantitative estimate of drug-likeness (QED) is 0.342. The maximum atomic E-state index is 9.00. The van der Waals surface area contributed by atoms with Crippen LogP contribution in [0.5, 0.6) is 0 Å². The highest BCUT2D eigenvalue weighted by Crippen LogP contribution is 1.42. The van der Waals surface area contributed by atoms with Crippen LogP contribution in [0, 0.1) is 4.91 Å². The number of hydrogen-bond donors (Lipinski definition) is 2. The van der Waals surface area contributed by atoms with Crippen molar-refractivity contribution >= 4 is 5.97 Å². The van der Waals surface area contributed by atoms with Gasteiger partial charge in [-0.25, -0.2) is 0 Å². The molecular formula is C2H5NO4. The molecule has 42 valence electrons. The third kappa shape index (κ3) is 31.4. The van der Waals surface area contributed by atoms with Gasteiger partial charge in [-0.1, -0.05) is 0 Å².